The van der Waals surface area contributed by atoms with Gasteiger partial charge in [-0.3, -0.25) is 0 Å². The Kier molecular flexibility index (Phi) is 5.75. The quantitative estimate of drug-likeness (QED) is 0.312. The van der Waals surface area contributed by atoms with Crippen molar-refractivity contribution >= 4 is 36.7 Å². The van der Waals surface area contributed by atoms with Crippen LogP contribution in [0.5, 0.6) is 0 Å². The Hall–Kier alpha value is -2.07. The van der Waals surface area contributed by atoms with E-state index in [4.69, 9.17) is 0 Å². The first kappa shape index (κ1) is 19.7. The molecule has 0 aromatic heterocycles. The van der Waals surface area contributed by atoms with Crippen molar-refractivity contribution in [2.24, 2.45) is 0 Å². The second-order valence-corrected chi connectivity index (χ2v) is 15.0. The van der Waals surface area contributed by atoms with Crippen molar-refractivity contribution in [2.75, 3.05) is 7.05 Å². The molecule has 0 aliphatic rings. The van der Waals surface area contributed by atoms with Crippen molar-refractivity contribution in [1.82, 2.24) is 4.90 Å². The summed E-state index contributed by atoms with van der Waals surface area (Å²) in [5.74, 6) is 0. The zero-order valence-electron chi connectivity index (χ0n) is 16.0. The maximum absolute atomic E-state index is 4.33. The molecule has 3 rings (SSSR count). The number of nitrogens with zero attached hydrogens (tertiary/aromatic N) is 1. The molecule has 0 atom stereocenters. The molecule has 138 valence electrons. The van der Waals surface area contributed by atoms with Gasteiger partial charge in [-0.2, -0.15) is 0 Å². The third kappa shape index (κ3) is 3.55. The molecule has 0 N–H and O–H groups in total. The fourth-order valence-electron chi connectivity index (χ4n) is 3.07. The molecule has 0 radical (unpaired) electrons. The summed E-state index contributed by atoms with van der Waals surface area (Å²) in [6.45, 7) is 4.32. The van der Waals surface area contributed by atoms with Gasteiger partial charge in [-0.15, -0.1) is 0 Å². The molecule has 0 unspecified atom stereocenters. The Morgan fingerprint density at radius 2 is 1.04 bits per heavy atom. The van der Waals surface area contributed by atoms with Crippen LogP contribution in [0.15, 0.2) is 91.0 Å². The van der Waals surface area contributed by atoms with Crippen LogP contribution in [0.25, 0.3) is 0 Å². The average Bonchev–Trinajstić information content (AvgIpc) is 2.74. The topological polar surface area (TPSA) is 3.24 Å². The Bertz CT molecular complexity index is 844. The Balaban J connectivity index is 2.43. The summed E-state index contributed by atoms with van der Waals surface area (Å²) in [4.78, 5) is 2.08. The second-order valence-electron chi connectivity index (χ2n) is 6.94. The third-order valence-electron chi connectivity index (χ3n) is 4.93. The van der Waals surface area contributed by atoms with Crippen LogP contribution >= 0.6 is 20.8 Å². The molecule has 27 heavy (non-hydrogen) atoms. The number of hydrogen-bond acceptors (Lipinski definition) is 1. The number of halogens is 1. The fraction of sp³-hybridized carbons (Fsp3) is 0.167. The molecule has 0 saturated carbocycles. The Morgan fingerprint density at radius 3 is 1.33 bits per heavy atom. The first-order valence-electron chi connectivity index (χ1n) is 9.13. The molecule has 0 amide bonds. The van der Waals surface area contributed by atoms with E-state index in [1.54, 1.807) is 0 Å². The number of rotatable bonds is 4. The van der Waals surface area contributed by atoms with E-state index in [1.165, 1.54) is 15.9 Å². The van der Waals surface area contributed by atoms with Crippen molar-refractivity contribution in [1.29, 1.82) is 0 Å². The van der Waals surface area contributed by atoms with Gasteiger partial charge in [0, 0.05) is 0 Å². The summed E-state index contributed by atoms with van der Waals surface area (Å²) in [6, 6.07) is 35.7. The molecule has 3 heteroatoms. The van der Waals surface area contributed by atoms with Crippen LogP contribution < -0.4 is 15.9 Å². The first-order valence-corrected chi connectivity index (χ1v) is 13.4. The molecule has 0 fully saturated rings. The summed E-state index contributed by atoms with van der Waals surface area (Å²) in [6.07, 6.45) is 0. The first-order chi connectivity index (χ1) is 13.0. The van der Waals surface area contributed by atoms with Crippen molar-refractivity contribution < 1.29 is 0 Å². The molecule has 0 heterocycles. The van der Waals surface area contributed by atoms with Gasteiger partial charge in [0.1, 0.15) is 0 Å². The molecule has 0 spiro atoms. The van der Waals surface area contributed by atoms with Gasteiger partial charge >= 0.3 is 171 Å². The molecular weight excluding hydrogens is 413 g/mol. The minimum absolute atomic E-state index is 0.348. The average molecular weight is 438 g/mol. The molecule has 3 aromatic rings. The maximum atomic E-state index is 4.33. The van der Waals surface area contributed by atoms with Crippen molar-refractivity contribution in [3.63, 3.8) is 0 Å². The van der Waals surface area contributed by atoms with Gasteiger partial charge in [0.25, 0.3) is 0 Å². The van der Waals surface area contributed by atoms with Crippen molar-refractivity contribution in [2.45, 2.75) is 19.9 Å². The summed E-state index contributed by atoms with van der Waals surface area (Å²) >= 11 is 4.33. The van der Waals surface area contributed by atoms with E-state index < -0.39 is 5.31 Å². The Labute approximate surface area is 171 Å². The molecule has 0 bridgehead atoms. The van der Waals surface area contributed by atoms with Gasteiger partial charge in [-0.1, -0.05) is 0 Å². The van der Waals surface area contributed by atoms with Gasteiger partial charge in [0.2, 0.25) is 0 Å². The van der Waals surface area contributed by atoms with E-state index in [-0.39, 0.29) is 0 Å². The normalized spacial score (nSPS) is 12.6. The summed E-state index contributed by atoms with van der Waals surface area (Å²) in [5, 5.41) is 0.505. The van der Waals surface area contributed by atoms with Gasteiger partial charge < -0.3 is 0 Å². The van der Waals surface area contributed by atoms with Crippen LogP contribution in [0, 0.1) is 11.7 Å². The van der Waals surface area contributed by atoms with Gasteiger partial charge in [0.05, 0.1) is 0 Å². The van der Waals surface area contributed by atoms with E-state index in [0.717, 1.165) is 0 Å². The summed E-state index contributed by atoms with van der Waals surface area (Å²) in [5.41, 5.74) is 3.76. The van der Waals surface area contributed by atoms with Crippen molar-refractivity contribution in [3.8, 4) is 11.7 Å². The van der Waals surface area contributed by atoms with Crippen LogP contribution in [0.3, 0.4) is 0 Å². The van der Waals surface area contributed by atoms with Crippen LogP contribution in [0.1, 0.15) is 13.8 Å². The van der Waals surface area contributed by atoms with Crippen molar-refractivity contribution in [3.05, 3.63) is 91.0 Å². The summed E-state index contributed by atoms with van der Waals surface area (Å²) < 4.78 is 0. The van der Waals surface area contributed by atoms with Crippen LogP contribution in [-0.4, -0.2) is 18.0 Å². The second kappa shape index (κ2) is 7.89. The summed E-state index contributed by atoms with van der Waals surface area (Å²) in [7, 11) is 2.05. The number of hydrogen-bond donors (Lipinski definition) is 0. The SMILES string of the molecule is CC(C)N(C)C#CP(Br)(c1ccccc1)(c1ccccc1)c1ccccc1. The van der Waals surface area contributed by atoms with E-state index in [1.807, 2.05) is 7.05 Å². The zero-order chi connectivity index (χ0) is 19.4. The Morgan fingerprint density at radius 1 is 0.704 bits per heavy atom. The third-order valence-corrected chi connectivity index (χ3v) is 13.5. The van der Waals surface area contributed by atoms with Crippen LogP contribution in [-0.2, 0) is 0 Å². The van der Waals surface area contributed by atoms with E-state index >= 15 is 0 Å². The van der Waals surface area contributed by atoms with Gasteiger partial charge in [-0.05, 0) is 0 Å². The van der Waals surface area contributed by atoms with E-state index in [2.05, 4.69) is 137 Å². The van der Waals surface area contributed by atoms with E-state index in [9.17, 15) is 0 Å². The van der Waals surface area contributed by atoms with Gasteiger partial charge in [0.15, 0.2) is 0 Å². The molecular formula is C24H25BrNP. The molecule has 0 aliphatic heterocycles. The van der Waals surface area contributed by atoms with Crippen LogP contribution in [0.2, 0.25) is 0 Å². The monoisotopic (exact) mass is 437 g/mol. The molecule has 3 aromatic carbocycles. The number of benzene rings is 3. The van der Waals surface area contributed by atoms with E-state index in [0.29, 0.717) is 6.04 Å². The van der Waals surface area contributed by atoms with Crippen LogP contribution in [0.4, 0.5) is 0 Å². The molecule has 0 saturated heterocycles. The predicted molar refractivity (Wildman–Crippen MR) is 125 cm³/mol. The zero-order valence-corrected chi connectivity index (χ0v) is 18.5. The molecule has 0 aliphatic carbocycles. The minimum atomic E-state index is -3.14. The standard InChI is InChI=1S/C24H25BrNP/c1-21(2)26(3)19-20-27(25,22-13-7-4-8-14-22,23-15-9-5-10-16-23)24-17-11-6-12-18-24/h4-18,21H,1-3H3. The fourth-order valence-corrected chi connectivity index (χ4v) is 9.26. The van der Waals surface area contributed by atoms with Gasteiger partial charge in [-0.25, -0.2) is 0 Å². The molecule has 1 nitrogen and oxygen atoms in total. The predicted octanol–water partition coefficient (Wildman–Crippen LogP) is 5.08.